The van der Waals surface area contributed by atoms with Gasteiger partial charge in [0, 0.05) is 24.9 Å². The van der Waals surface area contributed by atoms with Gasteiger partial charge >= 0.3 is 0 Å². The lowest BCUT2D eigenvalue weighted by molar-refractivity contribution is -0.138. The van der Waals surface area contributed by atoms with E-state index in [-0.39, 0.29) is 5.92 Å². The third kappa shape index (κ3) is 2.38. The fraction of sp³-hybridized carbons (Fsp3) is 0.611. The number of aliphatic hydroxyl groups is 1. The van der Waals surface area contributed by atoms with Crippen molar-refractivity contribution in [1.29, 1.82) is 0 Å². The van der Waals surface area contributed by atoms with E-state index in [0.29, 0.717) is 11.8 Å². The topological polar surface area (TPSA) is 40.5 Å². The molecule has 4 rings (SSSR count). The first-order valence-corrected chi connectivity index (χ1v) is 8.24. The van der Waals surface area contributed by atoms with Crippen molar-refractivity contribution in [3.05, 3.63) is 35.4 Å². The first-order chi connectivity index (χ1) is 10.2. The number of carbonyl (C=O) groups is 1. The summed E-state index contributed by atoms with van der Waals surface area (Å²) in [6, 6.07) is 8.42. The Balaban J connectivity index is 1.44. The lowest BCUT2D eigenvalue weighted by Crippen LogP contribution is -2.46. The van der Waals surface area contributed by atoms with Gasteiger partial charge in [-0.1, -0.05) is 24.3 Å². The SMILES string of the molecule is O=C(C1Cc2ccccc2C1)N1CCCC(C2(O)CC2)C1. The smallest absolute Gasteiger partial charge is 0.226 e. The van der Waals surface area contributed by atoms with E-state index in [1.165, 1.54) is 11.1 Å². The predicted octanol–water partition coefficient (Wildman–Crippen LogP) is 2.16. The maximum absolute atomic E-state index is 12.8. The van der Waals surface area contributed by atoms with Crippen LogP contribution in [0.4, 0.5) is 0 Å². The fourth-order valence-corrected chi connectivity index (χ4v) is 4.14. The molecule has 3 nitrogen and oxygen atoms in total. The van der Waals surface area contributed by atoms with Gasteiger partial charge in [0.25, 0.3) is 0 Å². The van der Waals surface area contributed by atoms with Gasteiger partial charge in [-0.25, -0.2) is 0 Å². The summed E-state index contributed by atoms with van der Waals surface area (Å²) in [5, 5.41) is 10.3. The van der Waals surface area contributed by atoms with Crippen LogP contribution >= 0.6 is 0 Å². The van der Waals surface area contributed by atoms with Gasteiger partial charge in [-0.2, -0.15) is 0 Å². The number of hydrogen-bond acceptors (Lipinski definition) is 2. The average Bonchev–Trinajstić information content (AvgIpc) is 3.13. The van der Waals surface area contributed by atoms with Crippen molar-refractivity contribution in [2.24, 2.45) is 11.8 Å². The number of piperidine rings is 1. The van der Waals surface area contributed by atoms with Crippen LogP contribution in [-0.4, -0.2) is 34.6 Å². The molecule has 1 aromatic rings. The summed E-state index contributed by atoms with van der Waals surface area (Å²) in [6.45, 7) is 1.64. The summed E-state index contributed by atoms with van der Waals surface area (Å²) in [5.41, 5.74) is 2.23. The summed E-state index contributed by atoms with van der Waals surface area (Å²) in [6.07, 6.45) is 5.74. The van der Waals surface area contributed by atoms with E-state index in [9.17, 15) is 9.90 Å². The highest BCUT2D eigenvalue weighted by molar-refractivity contribution is 5.80. The molecule has 1 aromatic carbocycles. The van der Waals surface area contributed by atoms with Crippen molar-refractivity contribution in [3.63, 3.8) is 0 Å². The molecule has 112 valence electrons. The van der Waals surface area contributed by atoms with Crippen molar-refractivity contribution in [2.75, 3.05) is 13.1 Å². The standard InChI is InChI=1S/C18H23NO2/c20-17(15-10-13-4-1-2-5-14(13)11-15)19-9-3-6-16(12-19)18(21)7-8-18/h1-2,4-5,15-16,21H,3,6-12H2. The molecular weight excluding hydrogens is 262 g/mol. The molecule has 1 N–H and O–H groups in total. The number of rotatable bonds is 2. The molecule has 0 radical (unpaired) electrons. The quantitative estimate of drug-likeness (QED) is 0.904. The van der Waals surface area contributed by atoms with Crippen molar-refractivity contribution in [1.82, 2.24) is 4.90 Å². The van der Waals surface area contributed by atoms with Crippen LogP contribution in [0.15, 0.2) is 24.3 Å². The molecule has 1 unspecified atom stereocenters. The highest BCUT2D eigenvalue weighted by atomic mass is 16.3. The molecule has 1 saturated heterocycles. The average molecular weight is 285 g/mol. The number of benzene rings is 1. The zero-order valence-electron chi connectivity index (χ0n) is 12.4. The number of carbonyl (C=O) groups excluding carboxylic acids is 1. The first-order valence-electron chi connectivity index (χ1n) is 8.24. The van der Waals surface area contributed by atoms with Crippen LogP contribution in [0.2, 0.25) is 0 Å². The summed E-state index contributed by atoms with van der Waals surface area (Å²) in [7, 11) is 0. The van der Waals surface area contributed by atoms with E-state index < -0.39 is 5.60 Å². The van der Waals surface area contributed by atoms with Gasteiger partial charge in [0.05, 0.1) is 5.60 Å². The van der Waals surface area contributed by atoms with E-state index in [4.69, 9.17) is 0 Å². The van der Waals surface area contributed by atoms with Crippen LogP contribution in [0.3, 0.4) is 0 Å². The summed E-state index contributed by atoms with van der Waals surface area (Å²) in [5.74, 6) is 0.731. The van der Waals surface area contributed by atoms with E-state index in [1.807, 2.05) is 4.90 Å². The van der Waals surface area contributed by atoms with E-state index in [2.05, 4.69) is 24.3 Å². The molecule has 2 fully saturated rings. The lowest BCUT2D eigenvalue weighted by atomic mass is 9.89. The second kappa shape index (κ2) is 4.84. The highest BCUT2D eigenvalue weighted by Crippen LogP contribution is 2.45. The van der Waals surface area contributed by atoms with Crippen molar-refractivity contribution in [2.45, 2.75) is 44.1 Å². The molecule has 1 saturated carbocycles. The van der Waals surface area contributed by atoms with E-state index in [0.717, 1.165) is 51.6 Å². The third-order valence-corrected chi connectivity index (χ3v) is 5.66. The second-order valence-corrected chi connectivity index (χ2v) is 7.10. The van der Waals surface area contributed by atoms with Crippen molar-refractivity contribution >= 4 is 5.91 Å². The van der Waals surface area contributed by atoms with Gasteiger partial charge in [-0.3, -0.25) is 4.79 Å². The number of hydrogen-bond donors (Lipinski definition) is 1. The Bertz CT molecular complexity index is 539. The van der Waals surface area contributed by atoms with Crippen LogP contribution in [0.25, 0.3) is 0 Å². The molecule has 3 aliphatic rings. The van der Waals surface area contributed by atoms with E-state index >= 15 is 0 Å². The minimum atomic E-state index is -0.447. The van der Waals surface area contributed by atoms with Crippen LogP contribution in [0.1, 0.15) is 36.8 Å². The molecule has 2 aliphatic carbocycles. The Morgan fingerprint density at radius 3 is 2.48 bits per heavy atom. The Kier molecular flexibility index (Phi) is 3.07. The first kappa shape index (κ1) is 13.3. The largest absolute Gasteiger partial charge is 0.390 e. The molecule has 0 bridgehead atoms. The summed E-state index contributed by atoms with van der Waals surface area (Å²) >= 11 is 0. The number of fused-ring (bicyclic) bond motifs is 1. The van der Waals surface area contributed by atoms with E-state index in [1.54, 1.807) is 0 Å². The van der Waals surface area contributed by atoms with Crippen LogP contribution in [0.5, 0.6) is 0 Å². The molecule has 1 atom stereocenters. The predicted molar refractivity (Wildman–Crippen MR) is 80.8 cm³/mol. The normalized spacial score (nSPS) is 27.5. The Labute approximate surface area is 126 Å². The Hall–Kier alpha value is -1.35. The van der Waals surface area contributed by atoms with Crippen molar-refractivity contribution in [3.8, 4) is 0 Å². The van der Waals surface area contributed by atoms with Gasteiger partial charge in [0.1, 0.15) is 0 Å². The zero-order chi connectivity index (χ0) is 14.4. The monoisotopic (exact) mass is 285 g/mol. The maximum Gasteiger partial charge on any atom is 0.226 e. The van der Waals surface area contributed by atoms with Gasteiger partial charge in [-0.15, -0.1) is 0 Å². The van der Waals surface area contributed by atoms with Crippen LogP contribution in [-0.2, 0) is 17.6 Å². The Morgan fingerprint density at radius 1 is 1.19 bits per heavy atom. The van der Waals surface area contributed by atoms with Gasteiger partial charge < -0.3 is 10.0 Å². The number of nitrogens with zero attached hydrogens (tertiary/aromatic N) is 1. The minimum Gasteiger partial charge on any atom is -0.390 e. The zero-order valence-corrected chi connectivity index (χ0v) is 12.4. The second-order valence-electron chi connectivity index (χ2n) is 7.10. The van der Waals surface area contributed by atoms with Crippen LogP contribution < -0.4 is 0 Å². The maximum atomic E-state index is 12.8. The van der Waals surface area contributed by atoms with Gasteiger partial charge in [-0.05, 0) is 49.7 Å². The molecule has 1 aliphatic heterocycles. The van der Waals surface area contributed by atoms with Gasteiger partial charge in [0.2, 0.25) is 5.91 Å². The minimum absolute atomic E-state index is 0.120. The molecule has 0 spiro atoms. The molecule has 1 amide bonds. The molecule has 0 aromatic heterocycles. The molecule has 3 heteroatoms. The molecule has 21 heavy (non-hydrogen) atoms. The third-order valence-electron chi connectivity index (χ3n) is 5.66. The summed E-state index contributed by atoms with van der Waals surface area (Å²) < 4.78 is 0. The number of amides is 1. The highest BCUT2D eigenvalue weighted by Gasteiger charge is 2.49. The Morgan fingerprint density at radius 2 is 1.86 bits per heavy atom. The lowest BCUT2D eigenvalue weighted by Gasteiger charge is -2.36. The van der Waals surface area contributed by atoms with Gasteiger partial charge in [0.15, 0.2) is 0 Å². The fourth-order valence-electron chi connectivity index (χ4n) is 4.14. The van der Waals surface area contributed by atoms with Crippen LogP contribution in [0, 0.1) is 11.8 Å². The summed E-state index contributed by atoms with van der Waals surface area (Å²) in [4.78, 5) is 14.8. The molecular formula is C18H23NO2. The number of likely N-dealkylation sites (tertiary alicyclic amines) is 1. The molecule has 1 heterocycles. The van der Waals surface area contributed by atoms with Crippen molar-refractivity contribution < 1.29 is 9.90 Å².